The van der Waals surface area contributed by atoms with Gasteiger partial charge in [0.2, 0.25) is 5.91 Å². The first kappa shape index (κ1) is 16.5. The molecule has 0 atom stereocenters. The fourth-order valence-electron chi connectivity index (χ4n) is 1.49. The Hall–Kier alpha value is -1.56. The van der Waals surface area contributed by atoms with Crippen molar-refractivity contribution in [2.75, 3.05) is 18.4 Å². The third kappa shape index (κ3) is 4.52. The van der Waals surface area contributed by atoms with Crippen LogP contribution in [0.4, 0.5) is 5.69 Å². The Morgan fingerprint density at radius 3 is 2.60 bits per heavy atom. The summed E-state index contributed by atoms with van der Waals surface area (Å²) in [6, 6.07) is -0.0663. The molecule has 0 fully saturated rings. The molecule has 0 aromatic carbocycles. The Balaban J connectivity index is 2.68. The van der Waals surface area contributed by atoms with Crippen LogP contribution in [-0.4, -0.2) is 28.8 Å². The van der Waals surface area contributed by atoms with Gasteiger partial charge in [-0.15, -0.1) is 0 Å². The zero-order valence-corrected chi connectivity index (χ0v) is 13.0. The summed E-state index contributed by atoms with van der Waals surface area (Å²) in [5.74, 6) is 0.238. The van der Waals surface area contributed by atoms with Gasteiger partial charge in [0.15, 0.2) is 0 Å². The molecule has 20 heavy (non-hydrogen) atoms. The van der Waals surface area contributed by atoms with E-state index in [0.717, 1.165) is 0 Å². The van der Waals surface area contributed by atoms with Crippen LogP contribution >= 0.6 is 11.6 Å². The molecule has 6 nitrogen and oxygen atoms in total. The van der Waals surface area contributed by atoms with Gasteiger partial charge in [0.1, 0.15) is 5.02 Å². The highest BCUT2D eigenvalue weighted by Gasteiger charge is 2.12. The minimum Gasteiger partial charge on any atom is -0.373 e. The Morgan fingerprint density at radius 1 is 1.40 bits per heavy atom. The van der Waals surface area contributed by atoms with Crippen LogP contribution in [-0.2, 0) is 4.79 Å². The van der Waals surface area contributed by atoms with Crippen LogP contribution in [0.15, 0.2) is 11.0 Å². The van der Waals surface area contributed by atoms with Crippen molar-refractivity contribution < 1.29 is 4.79 Å². The van der Waals surface area contributed by atoms with Gasteiger partial charge in [-0.1, -0.05) is 25.4 Å². The summed E-state index contributed by atoms with van der Waals surface area (Å²) < 4.78 is 1.30. The van der Waals surface area contributed by atoms with E-state index in [1.54, 1.807) is 0 Å². The summed E-state index contributed by atoms with van der Waals surface area (Å²) in [7, 11) is 0. The summed E-state index contributed by atoms with van der Waals surface area (Å²) in [5.41, 5.74) is 0.00233. The lowest BCUT2D eigenvalue weighted by molar-refractivity contribution is -0.119. The molecule has 0 spiro atoms. The van der Waals surface area contributed by atoms with Crippen LogP contribution in [0.2, 0.25) is 5.02 Å². The maximum Gasteiger partial charge on any atom is 0.287 e. The molecule has 2 N–H and O–H groups in total. The first-order chi connectivity index (χ1) is 9.32. The zero-order chi connectivity index (χ0) is 15.3. The van der Waals surface area contributed by atoms with Gasteiger partial charge >= 0.3 is 0 Å². The zero-order valence-electron chi connectivity index (χ0n) is 12.2. The molecule has 1 aromatic heterocycles. The lowest BCUT2D eigenvalue weighted by Gasteiger charge is -2.12. The second-order valence-corrected chi connectivity index (χ2v) is 5.65. The summed E-state index contributed by atoms with van der Waals surface area (Å²) in [4.78, 5) is 23.5. The van der Waals surface area contributed by atoms with Gasteiger partial charge in [-0.05, 0) is 19.8 Å². The van der Waals surface area contributed by atoms with Gasteiger partial charge in [-0.2, -0.15) is 5.10 Å². The average molecular weight is 301 g/mol. The molecule has 0 bridgehead atoms. The van der Waals surface area contributed by atoms with Crippen molar-refractivity contribution in [3.63, 3.8) is 0 Å². The molecular formula is C13H21ClN4O2. The number of nitrogens with one attached hydrogen (secondary N) is 2. The largest absolute Gasteiger partial charge is 0.373 e. The Labute approximate surface area is 123 Å². The Morgan fingerprint density at radius 2 is 2.05 bits per heavy atom. The number of rotatable bonds is 6. The molecule has 1 aromatic rings. The first-order valence-electron chi connectivity index (χ1n) is 6.60. The van der Waals surface area contributed by atoms with Gasteiger partial charge in [0.25, 0.3) is 5.56 Å². The number of nitrogens with zero attached hydrogens (tertiary/aromatic N) is 2. The highest BCUT2D eigenvalue weighted by atomic mass is 35.5. The maximum absolute atomic E-state index is 11.9. The lowest BCUT2D eigenvalue weighted by atomic mass is 10.2. The number of anilines is 1. The van der Waals surface area contributed by atoms with E-state index in [2.05, 4.69) is 15.7 Å². The van der Waals surface area contributed by atoms with Crippen LogP contribution in [0.1, 0.15) is 33.7 Å². The molecule has 0 saturated heterocycles. The second kappa shape index (κ2) is 7.28. The van der Waals surface area contributed by atoms with Crippen molar-refractivity contribution in [1.29, 1.82) is 0 Å². The molecule has 0 aliphatic rings. The predicted octanol–water partition coefficient (Wildman–Crippen LogP) is 1.66. The molecule has 0 unspecified atom stereocenters. The second-order valence-electron chi connectivity index (χ2n) is 5.27. The Kier molecular flexibility index (Phi) is 6.01. The molecule has 1 rings (SSSR count). The van der Waals surface area contributed by atoms with Gasteiger partial charge in [0.05, 0.1) is 24.5 Å². The highest BCUT2D eigenvalue weighted by Crippen LogP contribution is 2.15. The molecule has 112 valence electrons. The van der Waals surface area contributed by atoms with Crippen molar-refractivity contribution >= 4 is 23.2 Å². The van der Waals surface area contributed by atoms with Crippen molar-refractivity contribution in [2.45, 2.75) is 33.7 Å². The molecule has 0 aliphatic carbocycles. The number of carbonyl (C=O) groups is 1. The normalized spacial score (nSPS) is 10.9. The molecule has 0 radical (unpaired) electrons. The quantitative estimate of drug-likeness (QED) is 0.838. The molecule has 0 aliphatic heterocycles. The number of aromatic nitrogens is 2. The molecule has 1 amide bonds. The van der Waals surface area contributed by atoms with Crippen LogP contribution in [0.5, 0.6) is 0 Å². The third-order valence-corrected chi connectivity index (χ3v) is 2.94. The van der Waals surface area contributed by atoms with Crippen LogP contribution < -0.4 is 16.2 Å². The van der Waals surface area contributed by atoms with Crippen LogP contribution in [0, 0.1) is 5.92 Å². The van der Waals surface area contributed by atoms with Gasteiger partial charge in [-0.25, -0.2) is 4.68 Å². The summed E-state index contributed by atoms with van der Waals surface area (Å²) in [6.07, 6.45) is 1.46. The van der Waals surface area contributed by atoms with E-state index in [9.17, 15) is 9.59 Å². The molecule has 1 heterocycles. The smallest absolute Gasteiger partial charge is 0.287 e. The van der Waals surface area contributed by atoms with Crippen molar-refractivity contribution in [3.8, 4) is 0 Å². The van der Waals surface area contributed by atoms with E-state index in [1.807, 2.05) is 27.7 Å². The number of hydrogen-bond acceptors (Lipinski definition) is 4. The molecular weight excluding hydrogens is 280 g/mol. The SMILES string of the molecule is CC(C)CNC(=O)CNc1cnn(C(C)C)c(=O)c1Cl. The lowest BCUT2D eigenvalue weighted by Crippen LogP contribution is -2.33. The van der Waals surface area contributed by atoms with E-state index < -0.39 is 0 Å². The summed E-state index contributed by atoms with van der Waals surface area (Å²) in [6.45, 7) is 8.38. The first-order valence-corrected chi connectivity index (χ1v) is 6.98. The van der Waals surface area contributed by atoms with E-state index in [4.69, 9.17) is 11.6 Å². The molecule has 7 heteroatoms. The fourth-order valence-corrected chi connectivity index (χ4v) is 1.69. The number of amides is 1. The minimum absolute atomic E-state index is 0.0466. The predicted molar refractivity (Wildman–Crippen MR) is 80.2 cm³/mol. The summed E-state index contributed by atoms with van der Waals surface area (Å²) in [5, 5.41) is 9.65. The summed E-state index contributed by atoms with van der Waals surface area (Å²) >= 11 is 5.99. The van der Waals surface area contributed by atoms with Gasteiger partial charge < -0.3 is 10.6 Å². The van der Waals surface area contributed by atoms with Gasteiger partial charge in [0, 0.05) is 6.54 Å². The van der Waals surface area contributed by atoms with E-state index in [1.165, 1.54) is 10.9 Å². The van der Waals surface area contributed by atoms with E-state index in [0.29, 0.717) is 18.2 Å². The highest BCUT2D eigenvalue weighted by molar-refractivity contribution is 6.33. The number of hydrogen-bond donors (Lipinski definition) is 2. The number of carbonyl (C=O) groups excluding carboxylic acids is 1. The minimum atomic E-state index is -0.366. The van der Waals surface area contributed by atoms with E-state index in [-0.39, 0.29) is 29.1 Å². The maximum atomic E-state index is 11.9. The van der Waals surface area contributed by atoms with Gasteiger partial charge in [-0.3, -0.25) is 9.59 Å². The van der Waals surface area contributed by atoms with E-state index >= 15 is 0 Å². The number of halogens is 1. The third-order valence-electron chi connectivity index (χ3n) is 2.58. The van der Waals surface area contributed by atoms with Crippen molar-refractivity contribution in [2.24, 2.45) is 5.92 Å². The standard InChI is InChI=1S/C13H21ClN4O2/c1-8(2)5-16-11(19)7-15-10-6-17-18(9(3)4)13(20)12(10)14/h6,8-9,15H,5,7H2,1-4H3,(H,16,19). The Bertz CT molecular complexity index is 526. The fraction of sp³-hybridized carbons (Fsp3) is 0.615. The topological polar surface area (TPSA) is 76.0 Å². The average Bonchev–Trinajstić information content (AvgIpc) is 2.37. The molecule has 0 saturated carbocycles. The van der Waals surface area contributed by atoms with Crippen molar-refractivity contribution in [1.82, 2.24) is 15.1 Å². The monoisotopic (exact) mass is 300 g/mol. The van der Waals surface area contributed by atoms with Crippen LogP contribution in [0.25, 0.3) is 0 Å². The van der Waals surface area contributed by atoms with Crippen molar-refractivity contribution in [3.05, 3.63) is 21.6 Å². The van der Waals surface area contributed by atoms with Crippen LogP contribution in [0.3, 0.4) is 0 Å².